The monoisotopic (exact) mass is 329 g/mol. The lowest BCUT2D eigenvalue weighted by molar-refractivity contribution is 0.0137. The Labute approximate surface area is 144 Å². The van der Waals surface area contributed by atoms with Crippen molar-refractivity contribution in [3.8, 4) is 6.07 Å². The molecule has 1 aromatic carbocycles. The fraction of sp³-hybridized carbons (Fsp3) is 0.579. The predicted octanol–water partition coefficient (Wildman–Crippen LogP) is 1.92. The number of nitriles is 1. The molecule has 0 saturated carbocycles. The standard InChI is InChI=1S/C19H27N3O2/c1-19(2,3)17(23)14-21-9-11-22(12-10-21)18(24)16-6-4-5-15(13-16)7-8-20/h4-6,13,17,23H,7,9-12,14H2,1-3H3. The Hall–Kier alpha value is -1.90. The molecule has 5 nitrogen and oxygen atoms in total. The molecule has 0 aliphatic carbocycles. The SMILES string of the molecule is CC(C)(C)C(O)CN1CCN(C(=O)c2cccc(CC#N)c2)CC1. The Balaban J connectivity index is 1.91. The topological polar surface area (TPSA) is 67.6 Å². The lowest BCUT2D eigenvalue weighted by Gasteiger charge is -2.38. The van der Waals surface area contributed by atoms with Gasteiger partial charge >= 0.3 is 0 Å². The maximum Gasteiger partial charge on any atom is 0.253 e. The van der Waals surface area contributed by atoms with E-state index in [-0.39, 0.29) is 17.4 Å². The second kappa shape index (κ2) is 7.78. The highest BCUT2D eigenvalue weighted by atomic mass is 16.3. The number of piperazine rings is 1. The summed E-state index contributed by atoms with van der Waals surface area (Å²) in [5.74, 6) is 0.0193. The number of carbonyl (C=O) groups is 1. The minimum Gasteiger partial charge on any atom is -0.391 e. The van der Waals surface area contributed by atoms with E-state index in [0.717, 1.165) is 18.7 Å². The van der Waals surface area contributed by atoms with Gasteiger partial charge in [0.05, 0.1) is 18.6 Å². The van der Waals surface area contributed by atoms with E-state index in [1.807, 2.05) is 37.8 Å². The molecule has 1 N–H and O–H groups in total. The third-order valence-corrected chi connectivity index (χ3v) is 4.55. The molecule has 130 valence electrons. The van der Waals surface area contributed by atoms with Crippen LogP contribution in [0.5, 0.6) is 0 Å². The summed E-state index contributed by atoms with van der Waals surface area (Å²) in [6.45, 7) is 9.62. The average Bonchev–Trinajstić information content (AvgIpc) is 2.54. The number of hydrogen-bond donors (Lipinski definition) is 1. The highest BCUT2D eigenvalue weighted by Gasteiger charge is 2.27. The van der Waals surface area contributed by atoms with Gasteiger partial charge in [-0.25, -0.2) is 0 Å². The van der Waals surface area contributed by atoms with Gasteiger partial charge in [0.2, 0.25) is 0 Å². The molecule has 1 aliphatic heterocycles. The molecule has 1 atom stereocenters. The number of aliphatic hydroxyl groups excluding tert-OH is 1. The Bertz CT molecular complexity index is 608. The van der Waals surface area contributed by atoms with Gasteiger partial charge in [-0.3, -0.25) is 9.69 Å². The number of β-amino-alcohol motifs (C(OH)–C–C–N with tert-alkyl or cyclic N) is 1. The molecule has 24 heavy (non-hydrogen) atoms. The van der Waals surface area contributed by atoms with Crippen molar-refractivity contribution in [3.63, 3.8) is 0 Å². The van der Waals surface area contributed by atoms with Crippen LogP contribution in [0.2, 0.25) is 0 Å². The molecule has 0 radical (unpaired) electrons. The Kier molecular flexibility index (Phi) is 5.98. The quantitative estimate of drug-likeness (QED) is 0.916. The van der Waals surface area contributed by atoms with E-state index in [1.54, 1.807) is 12.1 Å². The van der Waals surface area contributed by atoms with Crippen LogP contribution in [0.3, 0.4) is 0 Å². The summed E-state index contributed by atoms with van der Waals surface area (Å²) in [7, 11) is 0. The summed E-state index contributed by atoms with van der Waals surface area (Å²) < 4.78 is 0. The van der Waals surface area contributed by atoms with E-state index < -0.39 is 0 Å². The molecule has 1 fully saturated rings. The zero-order chi connectivity index (χ0) is 17.7. The first-order chi connectivity index (χ1) is 11.3. The average molecular weight is 329 g/mol. The summed E-state index contributed by atoms with van der Waals surface area (Å²) in [6, 6.07) is 9.42. The molecule has 2 rings (SSSR count). The lowest BCUT2D eigenvalue weighted by Crippen LogP contribution is -2.51. The Morgan fingerprint density at radius 1 is 1.29 bits per heavy atom. The molecular weight excluding hydrogens is 302 g/mol. The van der Waals surface area contributed by atoms with Gasteiger partial charge in [-0.1, -0.05) is 32.9 Å². The van der Waals surface area contributed by atoms with Crippen molar-refractivity contribution < 1.29 is 9.90 Å². The summed E-state index contributed by atoms with van der Waals surface area (Å²) in [5, 5.41) is 19.0. The van der Waals surface area contributed by atoms with Gasteiger partial charge in [0.15, 0.2) is 0 Å². The van der Waals surface area contributed by atoms with E-state index in [9.17, 15) is 9.90 Å². The zero-order valence-corrected chi connectivity index (χ0v) is 14.8. The van der Waals surface area contributed by atoms with Crippen LogP contribution in [0, 0.1) is 16.7 Å². The lowest BCUT2D eigenvalue weighted by atomic mass is 9.89. The smallest absolute Gasteiger partial charge is 0.253 e. The number of carbonyl (C=O) groups excluding carboxylic acids is 1. The largest absolute Gasteiger partial charge is 0.391 e. The van der Waals surface area contributed by atoms with Crippen molar-refractivity contribution in [1.29, 1.82) is 5.26 Å². The van der Waals surface area contributed by atoms with E-state index in [1.165, 1.54) is 0 Å². The van der Waals surface area contributed by atoms with Gasteiger partial charge in [-0.15, -0.1) is 0 Å². The van der Waals surface area contributed by atoms with E-state index in [0.29, 0.717) is 31.6 Å². The van der Waals surface area contributed by atoms with Gasteiger partial charge in [-0.2, -0.15) is 5.26 Å². The predicted molar refractivity (Wildman–Crippen MR) is 93.6 cm³/mol. The van der Waals surface area contributed by atoms with Crippen LogP contribution in [-0.2, 0) is 6.42 Å². The number of aliphatic hydroxyl groups is 1. The van der Waals surface area contributed by atoms with Gasteiger partial charge in [-0.05, 0) is 23.1 Å². The number of hydrogen-bond acceptors (Lipinski definition) is 4. The fourth-order valence-corrected chi connectivity index (χ4v) is 2.74. The molecule has 0 spiro atoms. The number of rotatable bonds is 4. The highest BCUT2D eigenvalue weighted by molar-refractivity contribution is 5.94. The zero-order valence-electron chi connectivity index (χ0n) is 14.8. The third kappa shape index (κ3) is 4.80. The number of amides is 1. The number of benzene rings is 1. The van der Waals surface area contributed by atoms with Crippen LogP contribution >= 0.6 is 0 Å². The molecule has 1 aliphatic rings. The first-order valence-corrected chi connectivity index (χ1v) is 8.47. The Morgan fingerprint density at radius 2 is 1.96 bits per heavy atom. The molecule has 0 aromatic heterocycles. The van der Waals surface area contributed by atoms with Crippen LogP contribution in [0.1, 0.15) is 36.7 Å². The number of nitrogens with zero attached hydrogens (tertiary/aromatic N) is 3. The van der Waals surface area contributed by atoms with E-state index >= 15 is 0 Å². The maximum atomic E-state index is 12.6. The van der Waals surface area contributed by atoms with E-state index in [2.05, 4.69) is 11.0 Å². The summed E-state index contributed by atoms with van der Waals surface area (Å²) >= 11 is 0. The van der Waals surface area contributed by atoms with Crippen molar-refractivity contribution in [3.05, 3.63) is 35.4 Å². The van der Waals surface area contributed by atoms with Gasteiger partial charge in [0, 0.05) is 38.3 Å². The van der Waals surface area contributed by atoms with Crippen molar-refractivity contribution in [1.82, 2.24) is 9.80 Å². The minimum absolute atomic E-state index is 0.0193. The van der Waals surface area contributed by atoms with Crippen LogP contribution in [-0.4, -0.2) is 59.6 Å². The van der Waals surface area contributed by atoms with Crippen LogP contribution < -0.4 is 0 Å². The van der Waals surface area contributed by atoms with Gasteiger partial charge in [0.25, 0.3) is 5.91 Å². The van der Waals surface area contributed by atoms with Crippen LogP contribution in [0.25, 0.3) is 0 Å². The summed E-state index contributed by atoms with van der Waals surface area (Å²) in [5.41, 5.74) is 1.38. The molecule has 5 heteroatoms. The first kappa shape index (κ1) is 18.4. The normalized spacial score (nSPS) is 17.4. The minimum atomic E-state index is -0.373. The van der Waals surface area contributed by atoms with Gasteiger partial charge in [0.1, 0.15) is 0 Å². The summed E-state index contributed by atoms with van der Waals surface area (Å²) in [4.78, 5) is 16.7. The Morgan fingerprint density at radius 3 is 2.54 bits per heavy atom. The molecule has 1 amide bonds. The molecule has 1 saturated heterocycles. The second-order valence-electron chi connectivity index (χ2n) is 7.51. The van der Waals surface area contributed by atoms with E-state index in [4.69, 9.17) is 5.26 Å². The molecule has 1 aromatic rings. The molecule has 1 heterocycles. The van der Waals surface area contributed by atoms with Crippen molar-refractivity contribution in [2.45, 2.75) is 33.3 Å². The molecular formula is C19H27N3O2. The van der Waals surface area contributed by atoms with Crippen LogP contribution in [0.15, 0.2) is 24.3 Å². The van der Waals surface area contributed by atoms with Crippen molar-refractivity contribution in [2.24, 2.45) is 5.41 Å². The van der Waals surface area contributed by atoms with Gasteiger partial charge < -0.3 is 10.0 Å². The second-order valence-corrected chi connectivity index (χ2v) is 7.51. The summed E-state index contributed by atoms with van der Waals surface area (Å²) in [6.07, 6.45) is -0.0537. The third-order valence-electron chi connectivity index (χ3n) is 4.55. The highest BCUT2D eigenvalue weighted by Crippen LogP contribution is 2.20. The van der Waals surface area contributed by atoms with Crippen LogP contribution in [0.4, 0.5) is 0 Å². The molecule has 0 bridgehead atoms. The maximum absolute atomic E-state index is 12.6. The van der Waals surface area contributed by atoms with Crippen molar-refractivity contribution in [2.75, 3.05) is 32.7 Å². The van der Waals surface area contributed by atoms with Crippen molar-refractivity contribution >= 4 is 5.91 Å². The molecule has 1 unspecified atom stereocenters. The fourth-order valence-electron chi connectivity index (χ4n) is 2.74. The first-order valence-electron chi connectivity index (χ1n) is 8.47.